The predicted octanol–water partition coefficient (Wildman–Crippen LogP) is 6.95. The number of halogens is 3. The number of rotatable bonds is 6. The zero-order chi connectivity index (χ0) is 21.1. The summed E-state index contributed by atoms with van der Waals surface area (Å²) in [5, 5.41) is 5.63. The maximum atomic E-state index is 6.16. The number of hydrogen-bond acceptors (Lipinski definition) is 5. The van der Waals surface area contributed by atoms with Crippen LogP contribution in [0.25, 0.3) is 22.8 Å². The van der Waals surface area contributed by atoms with Crippen LogP contribution >= 0.6 is 34.8 Å². The quantitative estimate of drug-likeness (QED) is 0.311. The summed E-state index contributed by atoms with van der Waals surface area (Å²) in [7, 11) is 1.57. The highest BCUT2D eigenvalue weighted by Crippen LogP contribution is 2.32. The molecular formula is C22H15Cl3N2O3. The normalized spacial score (nSPS) is 10.8. The van der Waals surface area contributed by atoms with Gasteiger partial charge in [-0.2, -0.15) is 4.98 Å². The predicted molar refractivity (Wildman–Crippen MR) is 118 cm³/mol. The minimum atomic E-state index is 0.318. The van der Waals surface area contributed by atoms with Crippen LogP contribution in [-0.4, -0.2) is 17.3 Å². The van der Waals surface area contributed by atoms with E-state index in [1.807, 2.05) is 24.3 Å². The molecule has 0 amide bonds. The van der Waals surface area contributed by atoms with Gasteiger partial charge in [0.05, 0.1) is 17.7 Å². The van der Waals surface area contributed by atoms with E-state index in [9.17, 15) is 0 Å². The molecule has 5 nitrogen and oxygen atoms in total. The van der Waals surface area contributed by atoms with Crippen molar-refractivity contribution in [3.8, 4) is 34.3 Å². The number of methoxy groups -OCH3 is 1. The van der Waals surface area contributed by atoms with E-state index in [2.05, 4.69) is 10.1 Å². The van der Waals surface area contributed by atoms with Crippen LogP contribution < -0.4 is 9.47 Å². The lowest BCUT2D eigenvalue weighted by Gasteiger charge is -2.09. The highest BCUT2D eigenvalue weighted by Gasteiger charge is 2.15. The minimum absolute atomic E-state index is 0.318. The molecule has 30 heavy (non-hydrogen) atoms. The molecule has 0 saturated heterocycles. The summed E-state index contributed by atoms with van der Waals surface area (Å²) in [4.78, 5) is 4.49. The van der Waals surface area contributed by atoms with Gasteiger partial charge >= 0.3 is 0 Å². The summed E-state index contributed by atoms with van der Waals surface area (Å²) in [5.74, 6) is 1.92. The Morgan fingerprint density at radius 1 is 0.900 bits per heavy atom. The highest BCUT2D eigenvalue weighted by molar-refractivity contribution is 6.35. The van der Waals surface area contributed by atoms with E-state index < -0.39 is 0 Å². The van der Waals surface area contributed by atoms with E-state index in [4.69, 9.17) is 48.8 Å². The van der Waals surface area contributed by atoms with E-state index in [1.54, 1.807) is 43.5 Å². The Balaban J connectivity index is 1.55. The second-order valence-electron chi connectivity index (χ2n) is 6.33. The summed E-state index contributed by atoms with van der Waals surface area (Å²) < 4.78 is 16.6. The molecule has 0 aliphatic heterocycles. The largest absolute Gasteiger partial charge is 0.496 e. The first-order chi connectivity index (χ1) is 14.5. The highest BCUT2D eigenvalue weighted by atomic mass is 35.5. The van der Waals surface area contributed by atoms with Gasteiger partial charge in [-0.3, -0.25) is 0 Å². The van der Waals surface area contributed by atoms with Crippen LogP contribution in [0.3, 0.4) is 0 Å². The first-order valence-electron chi connectivity index (χ1n) is 8.88. The van der Waals surface area contributed by atoms with Crippen LogP contribution in [0.1, 0.15) is 5.56 Å². The Hall–Kier alpha value is -2.73. The molecule has 1 heterocycles. The molecule has 0 bridgehead atoms. The van der Waals surface area contributed by atoms with Crippen molar-refractivity contribution in [2.24, 2.45) is 0 Å². The van der Waals surface area contributed by atoms with Crippen LogP contribution in [0.4, 0.5) is 0 Å². The van der Waals surface area contributed by atoms with Crippen LogP contribution in [0, 0.1) is 0 Å². The maximum Gasteiger partial charge on any atom is 0.258 e. The summed E-state index contributed by atoms with van der Waals surface area (Å²) in [6.45, 7) is 0.318. The molecule has 0 N–H and O–H groups in total. The Labute approximate surface area is 188 Å². The van der Waals surface area contributed by atoms with Crippen molar-refractivity contribution in [3.05, 3.63) is 81.3 Å². The minimum Gasteiger partial charge on any atom is -0.496 e. The van der Waals surface area contributed by atoms with E-state index in [0.717, 1.165) is 11.1 Å². The molecule has 0 aliphatic rings. The van der Waals surface area contributed by atoms with Crippen LogP contribution in [-0.2, 0) is 6.61 Å². The fourth-order valence-corrected chi connectivity index (χ4v) is 3.49. The fraction of sp³-hybridized carbons (Fsp3) is 0.0909. The van der Waals surface area contributed by atoms with E-state index in [-0.39, 0.29) is 0 Å². The van der Waals surface area contributed by atoms with Crippen LogP contribution in [0.15, 0.2) is 65.2 Å². The third kappa shape index (κ3) is 4.54. The molecule has 8 heteroatoms. The molecule has 0 radical (unpaired) electrons. The van der Waals surface area contributed by atoms with Gasteiger partial charge in [0.1, 0.15) is 18.1 Å². The first-order valence-corrected chi connectivity index (χ1v) is 10.0. The molecule has 4 aromatic rings. The average molecular weight is 462 g/mol. The van der Waals surface area contributed by atoms with Gasteiger partial charge in [0.2, 0.25) is 5.82 Å². The van der Waals surface area contributed by atoms with Crippen molar-refractivity contribution in [3.63, 3.8) is 0 Å². The molecule has 0 fully saturated rings. The molecule has 1 aromatic heterocycles. The molecule has 0 atom stereocenters. The molecule has 0 spiro atoms. The summed E-state index contributed by atoms with van der Waals surface area (Å²) in [6.07, 6.45) is 0. The summed E-state index contributed by atoms with van der Waals surface area (Å²) in [5.41, 5.74) is 2.33. The van der Waals surface area contributed by atoms with Crippen molar-refractivity contribution in [1.29, 1.82) is 0 Å². The zero-order valence-corrected chi connectivity index (χ0v) is 18.0. The second kappa shape index (κ2) is 8.96. The van der Waals surface area contributed by atoms with Gasteiger partial charge in [-0.1, -0.05) is 52.1 Å². The zero-order valence-electron chi connectivity index (χ0n) is 15.7. The monoisotopic (exact) mass is 460 g/mol. The second-order valence-corrected chi connectivity index (χ2v) is 7.61. The maximum absolute atomic E-state index is 6.16. The van der Waals surface area contributed by atoms with Gasteiger partial charge in [0.15, 0.2) is 0 Å². The molecule has 0 aliphatic carbocycles. The smallest absolute Gasteiger partial charge is 0.258 e. The molecule has 0 unspecified atom stereocenters. The van der Waals surface area contributed by atoms with Crippen molar-refractivity contribution in [2.75, 3.05) is 7.11 Å². The Kier molecular flexibility index (Phi) is 6.13. The lowest BCUT2D eigenvalue weighted by Crippen LogP contribution is -1.96. The number of ether oxygens (including phenoxy) is 2. The van der Waals surface area contributed by atoms with Crippen LogP contribution in [0.5, 0.6) is 11.5 Å². The SMILES string of the molecule is COc1ccc(Cl)cc1-c1noc(-c2cccc(COc3ccc(Cl)cc3Cl)c2)n1. The fourth-order valence-electron chi connectivity index (χ4n) is 2.85. The van der Waals surface area contributed by atoms with E-state index >= 15 is 0 Å². The standard InChI is InChI=1S/C22H15Cl3N2O3/c1-28-19-7-5-15(23)10-17(19)21-26-22(30-27-21)14-4-2-3-13(9-14)12-29-20-8-6-16(24)11-18(20)25/h2-11H,12H2,1H3. The molecular weight excluding hydrogens is 447 g/mol. The molecule has 0 saturated carbocycles. The van der Waals surface area contributed by atoms with Gasteiger partial charge in [-0.05, 0) is 54.1 Å². The van der Waals surface area contributed by atoms with Crippen molar-refractivity contribution >= 4 is 34.8 Å². The van der Waals surface area contributed by atoms with Crippen molar-refractivity contribution < 1.29 is 14.0 Å². The number of aromatic nitrogens is 2. The Bertz CT molecular complexity index is 1190. The van der Waals surface area contributed by atoms with Crippen molar-refractivity contribution in [2.45, 2.75) is 6.61 Å². The third-order valence-corrected chi connectivity index (χ3v) is 5.06. The topological polar surface area (TPSA) is 57.4 Å². The van der Waals surface area contributed by atoms with Gasteiger partial charge in [0, 0.05) is 15.6 Å². The number of benzene rings is 3. The summed E-state index contributed by atoms with van der Waals surface area (Å²) >= 11 is 18.2. The van der Waals surface area contributed by atoms with Gasteiger partial charge in [-0.15, -0.1) is 0 Å². The van der Waals surface area contributed by atoms with Gasteiger partial charge in [-0.25, -0.2) is 0 Å². The van der Waals surface area contributed by atoms with Crippen molar-refractivity contribution in [1.82, 2.24) is 10.1 Å². The molecule has 152 valence electrons. The van der Waals surface area contributed by atoms with Gasteiger partial charge in [0.25, 0.3) is 5.89 Å². The molecule has 3 aromatic carbocycles. The average Bonchev–Trinajstić information content (AvgIpc) is 3.23. The molecule has 4 rings (SSSR count). The lowest BCUT2D eigenvalue weighted by molar-refractivity contribution is 0.306. The van der Waals surface area contributed by atoms with E-state index in [1.165, 1.54) is 0 Å². The van der Waals surface area contributed by atoms with Crippen LogP contribution in [0.2, 0.25) is 15.1 Å². The van der Waals surface area contributed by atoms with Gasteiger partial charge < -0.3 is 14.0 Å². The third-order valence-electron chi connectivity index (χ3n) is 4.29. The Morgan fingerprint density at radius 2 is 1.67 bits per heavy atom. The number of hydrogen-bond donors (Lipinski definition) is 0. The Morgan fingerprint density at radius 3 is 2.43 bits per heavy atom. The lowest BCUT2D eigenvalue weighted by atomic mass is 10.1. The first kappa shape index (κ1) is 20.5. The van der Waals surface area contributed by atoms with E-state index in [0.29, 0.717) is 50.5 Å². The number of nitrogens with zero attached hydrogens (tertiary/aromatic N) is 2. The summed E-state index contributed by atoms with van der Waals surface area (Å²) in [6, 6.07) is 17.9.